The smallest absolute Gasteiger partial charge is 0.327 e. The third kappa shape index (κ3) is 6.34. The number of alkyl halides is 3. The molecule has 19 heavy (non-hydrogen) atoms. The van der Waals surface area contributed by atoms with Crippen LogP contribution in [-0.4, -0.2) is 17.5 Å². The SMILES string of the molecule is CC(C)CSCC(N)Cc1cccc(C(F)(F)F)c1. The molecule has 5 heteroatoms. The Kier molecular flexibility index (Phi) is 6.20. The van der Waals surface area contributed by atoms with Crippen LogP contribution in [0.3, 0.4) is 0 Å². The molecule has 0 aromatic heterocycles. The maximum absolute atomic E-state index is 12.6. The average molecular weight is 291 g/mol. The number of rotatable bonds is 6. The van der Waals surface area contributed by atoms with E-state index < -0.39 is 11.7 Å². The number of nitrogens with two attached hydrogens (primary N) is 1. The van der Waals surface area contributed by atoms with Gasteiger partial charge in [0.2, 0.25) is 0 Å². The zero-order valence-electron chi connectivity index (χ0n) is 11.2. The van der Waals surface area contributed by atoms with Crippen LogP contribution in [0, 0.1) is 5.92 Å². The Hall–Kier alpha value is -0.680. The lowest BCUT2D eigenvalue weighted by Gasteiger charge is -2.14. The number of hydrogen-bond donors (Lipinski definition) is 1. The van der Waals surface area contributed by atoms with Gasteiger partial charge in [-0.15, -0.1) is 0 Å². The van der Waals surface area contributed by atoms with Crippen molar-refractivity contribution in [3.63, 3.8) is 0 Å². The fourth-order valence-corrected chi connectivity index (χ4v) is 2.72. The van der Waals surface area contributed by atoms with E-state index in [0.29, 0.717) is 17.9 Å². The number of thioether (sulfide) groups is 1. The Balaban J connectivity index is 2.52. The first-order valence-electron chi connectivity index (χ1n) is 6.28. The van der Waals surface area contributed by atoms with Crippen LogP contribution in [0.4, 0.5) is 13.2 Å². The lowest BCUT2D eigenvalue weighted by molar-refractivity contribution is -0.137. The van der Waals surface area contributed by atoms with Crippen molar-refractivity contribution in [3.05, 3.63) is 35.4 Å². The Bertz CT molecular complexity index is 391. The van der Waals surface area contributed by atoms with Gasteiger partial charge in [0, 0.05) is 11.8 Å². The molecule has 0 aliphatic carbocycles. The van der Waals surface area contributed by atoms with Gasteiger partial charge in [-0.05, 0) is 29.7 Å². The summed E-state index contributed by atoms with van der Waals surface area (Å²) in [5.74, 6) is 2.40. The molecule has 1 nitrogen and oxygen atoms in total. The molecule has 1 unspecified atom stereocenters. The van der Waals surface area contributed by atoms with Gasteiger partial charge in [0.25, 0.3) is 0 Å². The molecule has 1 aromatic rings. The Morgan fingerprint density at radius 3 is 2.47 bits per heavy atom. The summed E-state index contributed by atoms with van der Waals surface area (Å²) in [5, 5.41) is 0. The van der Waals surface area contributed by atoms with E-state index in [-0.39, 0.29) is 6.04 Å². The second-order valence-electron chi connectivity index (χ2n) is 5.09. The third-order valence-corrected chi connectivity index (χ3v) is 4.10. The van der Waals surface area contributed by atoms with E-state index in [1.54, 1.807) is 17.8 Å². The van der Waals surface area contributed by atoms with Crippen molar-refractivity contribution in [3.8, 4) is 0 Å². The highest BCUT2D eigenvalue weighted by atomic mass is 32.2. The van der Waals surface area contributed by atoms with E-state index in [4.69, 9.17) is 5.73 Å². The van der Waals surface area contributed by atoms with Crippen LogP contribution in [0.15, 0.2) is 24.3 Å². The molecule has 1 rings (SSSR count). The normalized spacial score (nSPS) is 13.8. The van der Waals surface area contributed by atoms with Crippen LogP contribution < -0.4 is 5.73 Å². The van der Waals surface area contributed by atoms with Gasteiger partial charge in [-0.1, -0.05) is 32.0 Å². The third-order valence-electron chi connectivity index (χ3n) is 2.54. The lowest BCUT2D eigenvalue weighted by Crippen LogP contribution is -2.26. The van der Waals surface area contributed by atoms with Gasteiger partial charge in [0.1, 0.15) is 0 Å². The van der Waals surface area contributed by atoms with E-state index in [0.717, 1.165) is 17.6 Å². The fourth-order valence-electron chi connectivity index (χ4n) is 1.69. The molecule has 0 aliphatic heterocycles. The maximum atomic E-state index is 12.6. The van der Waals surface area contributed by atoms with E-state index in [1.165, 1.54) is 12.1 Å². The summed E-state index contributed by atoms with van der Waals surface area (Å²) >= 11 is 1.75. The van der Waals surface area contributed by atoms with Gasteiger partial charge in [0.15, 0.2) is 0 Å². The largest absolute Gasteiger partial charge is 0.416 e. The van der Waals surface area contributed by atoms with Crippen molar-refractivity contribution in [1.29, 1.82) is 0 Å². The minimum absolute atomic E-state index is 0.104. The molecule has 108 valence electrons. The Labute approximate surface area is 116 Å². The first kappa shape index (κ1) is 16.4. The quantitative estimate of drug-likeness (QED) is 0.858. The topological polar surface area (TPSA) is 26.0 Å². The van der Waals surface area contributed by atoms with Gasteiger partial charge in [-0.2, -0.15) is 24.9 Å². The van der Waals surface area contributed by atoms with Gasteiger partial charge in [-0.25, -0.2) is 0 Å². The highest BCUT2D eigenvalue weighted by molar-refractivity contribution is 7.99. The zero-order chi connectivity index (χ0) is 14.5. The molecule has 0 heterocycles. The molecule has 0 radical (unpaired) electrons. The van der Waals surface area contributed by atoms with Gasteiger partial charge < -0.3 is 5.73 Å². The predicted octanol–water partition coefficient (Wildman–Crippen LogP) is 3.96. The maximum Gasteiger partial charge on any atom is 0.416 e. The molecule has 0 bridgehead atoms. The zero-order valence-corrected chi connectivity index (χ0v) is 12.0. The van der Waals surface area contributed by atoms with Crippen molar-refractivity contribution < 1.29 is 13.2 Å². The summed E-state index contributed by atoms with van der Waals surface area (Å²) in [5.41, 5.74) is 5.99. The van der Waals surface area contributed by atoms with E-state index in [2.05, 4.69) is 13.8 Å². The van der Waals surface area contributed by atoms with E-state index in [1.807, 2.05) is 0 Å². The molecule has 1 aromatic carbocycles. The van der Waals surface area contributed by atoms with Crippen molar-refractivity contribution in [2.45, 2.75) is 32.5 Å². The van der Waals surface area contributed by atoms with E-state index >= 15 is 0 Å². The van der Waals surface area contributed by atoms with Gasteiger partial charge in [-0.3, -0.25) is 0 Å². The minimum atomic E-state index is -4.29. The molecular weight excluding hydrogens is 271 g/mol. The van der Waals surface area contributed by atoms with Crippen LogP contribution in [0.2, 0.25) is 0 Å². The standard InChI is InChI=1S/C14H20F3NS/c1-10(2)8-19-9-13(18)7-11-4-3-5-12(6-11)14(15,16)17/h3-6,10,13H,7-9,18H2,1-2H3. The van der Waals surface area contributed by atoms with Crippen LogP contribution in [-0.2, 0) is 12.6 Å². The summed E-state index contributed by atoms with van der Waals surface area (Å²) in [4.78, 5) is 0. The molecule has 0 amide bonds. The summed E-state index contributed by atoms with van der Waals surface area (Å²) in [6.45, 7) is 4.26. The number of benzene rings is 1. The lowest BCUT2D eigenvalue weighted by atomic mass is 10.0. The van der Waals surface area contributed by atoms with Crippen molar-refractivity contribution >= 4 is 11.8 Å². The molecule has 2 N–H and O–H groups in total. The fraction of sp³-hybridized carbons (Fsp3) is 0.571. The first-order valence-corrected chi connectivity index (χ1v) is 7.44. The van der Waals surface area contributed by atoms with Crippen LogP contribution in [0.5, 0.6) is 0 Å². The van der Waals surface area contributed by atoms with Crippen molar-refractivity contribution in [2.75, 3.05) is 11.5 Å². The van der Waals surface area contributed by atoms with Crippen LogP contribution in [0.1, 0.15) is 25.0 Å². The van der Waals surface area contributed by atoms with Crippen LogP contribution >= 0.6 is 11.8 Å². The monoisotopic (exact) mass is 291 g/mol. The molecule has 0 saturated carbocycles. The second-order valence-corrected chi connectivity index (χ2v) is 6.17. The second kappa shape index (κ2) is 7.20. The molecule has 0 aliphatic rings. The van der Waals surface area contributed by atoms with E-state index in [9.17, 15) is 13.2 Å². The molecular formula is C14H20F3NS. The Morgan fingerprint density at radius 2 is 1.89 bits per heavy atom. The van der Waals surface area contributed by atoms with Gasteiger partial charge in [0.05, 0.1) is 5.56 Å². The van der Waals surface area contributed by atoms with Crippen molar-refractivity contribution in [2.24, 2.45) is 11.7 Å². The summed E-state index contributed by atoms with van der Waals surface area (Å²) < 4.78 is 37.7. The summed E-state index contributed by atoms with van der Waals surface area (Å²) in [6.07, 6.45) is -3.80. The average Bonchev–Trinajstić information content (AvgIpc) is 2.27. The molecule has 0 saturated heterocycles. The minimum Gasteiger partial charge on any atom is -0.327 e. The molecule has 1 atom stereocenters. The summed E-state index contributed by atoms with van der Waals surface area (Å²) in [6, 6.07) is 5.30. The number of halogens is 3. The van der Waals surface area contributed by atoms with Crippen molar-refractivity contribution in [1.82, 2.24) is 0 Å². The first-order chi connectivity index (χ1) is 8.79. The molecule has 0 spiro atoms. The van der Waals surface area contributed by atoms with Gasteiger partial charge >= 0.3 is 6.18 Å². The highest BCUT2D eigenvalue weighted by Crippen LogP contribution is 2.29. The predicted molar refractivity (Wildman–Crippen MR) is 75.3 cm³/mol. The highest BCUT2D eigenvalue weighted by Gasteiger charge is 2.30. The van der Waals surface area contributed by atoms with Crippen LogP contribution in [0.25, 0.3) is 0 Å². The number of hydrogen-bond acceptors (Lipinski definition) is 2. The summed E-state index contributed by atoms with van der Waals surface area (Å²) in [7, 11) is 0. The Morgan fingerprint density at radius 1 is 1.21 bits per heavy atom. The molecule has 0 fully saturated rings.